The average Bonchev–Trinajstić information content (AvgIpc) is 2.45. The Balaban J connectivity index is 2.18. The van der Waals surface area contributed by atoms with Gasteiger partial charge in [0.1, 0.15) is 5.75 Å². The topological polar surface area (TPSA) is 21.3 Å². The van der Waals surface area contributed by atoms with Gasteiger partial charge in [-0.25, -0.2) is 0 Å². The second kappa shape index (κ2) is 10.7. The van der Waals surface area contributed by atoms with Crippen LogP contribution in [0.5, 0.6) is 5.75 Å². The highest BCUT2D eigenvalue weighted by atomic mass is 16.5. The van der Waals surface area contributed by atoms with Crippen LogP contribution in [0.15, 0.2) is 24.3 Å². The first-order valence-electron chi connectivity index (χ1n) is 8.14. The maximum atomic E-state index is 5.75. The number of unbranched alkanes of at least 4 members (excludes halogenated alkanes) is 4. The zero-order valence-corrected chi connectivity index (χ0v) is 13.5. The third kappa shape index (κ3) is 8.21. The minimum atomic E-state index is 0.569. The van der Waals surface area contributed by atoms with E-state index in [1.54, 1.807) is 0 Å². The average molecular weight is 277 g/mol. The van der Waals surface area contributed by atoms with Gasteiger partial charge in [0.25, 0.3) is 0 Å². The molecule has 0 unspecified atom stereocenters. The van der Waals surface area contributed by atoms with Crippen molar-refractivity contribution < 1.29 is 4.74 Å². The molecule has 0 aliphatic heterocycles. The Morgan fingerprint density at radius 3 is 2.65 bits per heavy atom. The van der Waals surface area contributed by atoms with Gasteiger partial charge in [-0.05, 0) is 36.6 Å². The van der Waals surface area contributed by atoms with Crippen LogP contribution in [-0.4, -0.2) is 13.2 Å². The van der Waals surface area contributed by atoms with Crippen LogP contribution in [0.4, 0.5) is 0 Å². The zero-order chi connectivity index (χ0) is 14.6. The van der Waals surface area contributed by atoms with Crippen molar-refractivity contribution >= 4 is 0 Å². The standard InChI is InChI=1S/C18H31NO/c1-4-5-6-7-8-12-19-14-17-10-9-11-18(13-17)20-15-16(2)3/h9-11,13,16,19H,4-8,12,14-15H2,1-3H3. The summed E-state index contributed by atoms with van der Waals surface area (Å²) >= 11 is 0. The van der Waals surface area contributed by atoms with Crippen LogP contribution in [-0.2, 0) is 6.54 Å². The van der Waals surface area contributed by atoms with Gasteiger partial charge in [-0.2, -0.15) is 0 Å². The molecule has 0 saturated heterocycles. The van der Waals surface area contributed by atoms with E-state index in [0.717, 1.165) is 25.4 Å². The molecule has 0 aromatic heterocycles. The van der Waals surface area contributed by atoms with Crippen LogP contribution >= 0.6 is 0 Å². The summed E-state index contributed by atoms with van der Waals surface area (Å²) in [7, 11) is 0. The molecule has 1 rings (SSSR count). The van der Waals surface area contributed by atoms with Gasteiger partial charge in [-0.15, -0.1) is 0 Å². The fourth-order valence-electron chi connectivity index (χ4n) is 2.09. The molecule has 0 amide bonds. The lowest BCUT2D eigenvalue weighted by molar-refractivity contribution is 0.271. The van der Waals surface area contributed by atoms with Crippen molar-refractivity contribution in [1.82, 2.24) is 5.32 Å². The molecule has 0 fully saturated rings. The van der Waals surface area contributed by atoms with E-state index >= 15 is 0 Å². The van der Waals surface area contributed by atoms with Crippen molar-refractivity contribution in [2.75, 3.05) is 13.2 Å². The first-order valence-corrected chi connectivity index (χ1v) is 8.14. The molecule has 114 valence electrons. The predicted molar refractivity (Wildman–Crippen MR) is 87.2 cm³/mol. The molecule has 1 aromatic carbocycles. The van der Waals surface area contributed by atoms with Crippen molar-refractivity contribution in [2.45, 2.75) is 59.4 Å². The smallest absolute Gasteiger partial charge is 0.119 e. The van der Waals surface area contributed by atoms with Crippen LogP contribution < -0.4 is 10.1 Å². The van der Waals surface area contributed by atoms with Gasteiger partial charge in [-0.3, -0.25) is 0 Å². The maximum Gasteiger partial charge on any atom is 0.119 e. The molecule has 1 N–H and O–H groups in total. The third-order valence-corrected chi connectivity index (χ3v) is 3.27. The van der Waals surface area contributed by atoms with Gasteiger partial charge in [0.2, 0.25) is 0 Å². The number of nitrogens with one attached hydrogen (secondary N) is 1. The van der Waals surface area contributed by atoms with Crippen molar-refractivity contribution in [3.63, 3.8) is 0 Å². The van der Waals surface area contributed by atoms with Crippen LogP contribution in [0.1, 0.15) is 58.4 Å². The second-order valence-electron chi connectivity index (χ2n) is 5.94. The lowest BCUT2D eigenvalue weighted by Gasteiger charge is -2.10. The van der Waals surface area contributed by atoms with Gasteiger partial charge < -0.3 is 10.1 Å². The van der Waals surface area contributed by atoms with Crippen LogP contribution in [0.2, 0.25) is 0 Å². The summed E-state index contributed by atoms with van der Waals surface area (Å²) in [6.07, 6.45) is 6.68. The highest BCUT2D eigenvalue weighted by molar-refractivity contribution is 5.28. The molecule has 0 atom stereocenters. The minimum absolute atomic E-state index is 0.569. The Morgan fingerprint density at radius 2 is 1.90 bits per heavy atom. The zero-order valence-electron chi connectivity index (χ0n) is 13.5. The molecular weight excluding hydrogens is 246 g/mol. The van der Waals surface area contributed by atoms with E-state index < -0.39 is 0 Å². The van der Waals surface area contributed by atoms with E-state index in [2.05, 4.69) is 44.3 Å². The van der Waals surface area contributed by atoms with Crippen LogP contribution in [0.3, 0.4) is 0 Å². The molecular formula is C18H31NO. The molecule has 0 saturated carbocycles. The molecule has 0 radical (unpaired) electrons. The summed E-state index contributed by atoms with van der Waals surface area (Å²) in [6, 6.07) is 8.42. The van der Waals surface area contributed by atoms with Crippen molar-refractivity contribution in [3.05, 3.63) is 29.8 Å². The Labute approximate surface area is 124 Å². The highest BCUT2D eigenvalue weighted by Gasteiger charge is 1.99. The summed E-state index contributed by atoms with van der Waals surface area (Å²) in [5.41, 5.74) is 1.31. The fourth-order valence-corrected chi connectivity index (χ4v) is 2.09. The normalized spacial score (nSPS) is 11.0. The van der Waals surface area contributed by atoms with E-state index in [0.29, 0.717) is 5.92 Å². The fraction of sp³-hybridized carbons (Fsp3) is 0.667. The summed E-state index contributed by atoms with van der Waals surface area (Å²) in [5, 5.41) is 3.52. The molecule has 2 nitrogen and oxygen atoms in total. The summed E-state index contributed by atoms with van der Waals surface area (Å²) < 4.78 is 5.75. The van der Waals surface area contributed by atoms with Gasteiger partial charge in [0.15, 0.2) is 0 Å². The van der Waals surface area contributed by atoms with Crippen LogP contribution in [0, 0.1) is 5.92 Å². The molecule has 0 spiro atoms. The maximum absolute atomic E-state index is 5.75. The van der Waals surface area contributed by atoms with E-state index in [1.165, 1.54) is 37.7 Å². The first kappa shape index (κ1) is 17.0. The molecule has 0 heterocycles. The Bertz CT molecular complexity index is 349. The molecule has 0 aliphatic rings. The molecule has 0 bridgehead atoms. The number of hydrogen-bond acceptors (Lipinski definition) is 2. The second-order valence-corrected chi connectivity index (χ2v) is 5.94. The third-order valence-electron chi connectivity index (χ3n) is 3.27. The number of ether oxygens (including phenoxy) is 1. The molecule has 2 heteroatoms. The van der Waals surface area contributed by atoms with Gasteiger partial charge in [0, 0.05) is 6.54 Å². The molecule has 1 aromatic rings. The van der Waals surface area contributed by atoms with Crippen molar-refractivity contribution in [3.8, 4) is 5.75 Å². The van der Waals surface area contributed by atoms with E-state index in [-0.39, 0.29) is 0 Å². The summed E-state index contributed by atoms with van der Waals surface area (Å²) in [6.45, 7) is 9.43. The number of rotatable bonds is 11. The number of hydrogen-bond donors (Lipinski definition) is 1. The minimum Gasteiger partial charge on any atom is -0.493 e. The first-order chi connectivity index (χ1) is 9.72. The van der Waals surface area contributed by atoms with Gasteiger partial charge >= 0.3 is 0 Å². The quantitative estimate of drug-likeness (QED) is 0.588. The van der Waals surface area contributed by atoms with Crippen molar-refractivity contribution in [1.29, 1.82) is 0 Å². The van der Waals surface area contributed by atoms with E-state index in [1.807, 2.05) is 6.07 Å². The number of benzene rings is 1. The van der Waals surface area contributed by atoms with Crippen LogP contribution in [0.25, 0.3) is 0 Å². The lowest BCUT2D eigenvalue weighted by atomic mass is 10.1. The summed E-state index contributed by atoms with van der Waals surface area (Å²) in [4.78, 5) is 0. The van der Waals surface area contributed by atoms with E-state index in [4.69, 9.17) is 4.74 Å². The monoisotopic (exact) mass is 277 g/mol. The van der Waals surface area contributed by atoms with Gasteiger partial charge in [-0.1, -0.05) is 58.6 Å². The van der Waals surface area contributed by atoms with Gasteiger partial charge in [0.05, 0.1) is 6.61 Å². The SMILES string of the molecule is CCCCCCCNCc1cccc(OCC(C)C)c1. The summed E-state index contributed by atoms with van der Waals surface area (Å²) in [5.74, 6) is 1.56. The largest absolute Gasteiger partial charge is 0.493 e. The van der Waals surface area contributed by atoms with E-state index in [9.17, 15) is 0 Å². The molecule has 0 aliphatic carbocycles. The highest BCUT2D eigenvalue weighted by Crippen LogP contribution is 2.14. The van der Waals surface area contributed by atoms with Crippen molar-refractivity contribution in [2.24, 2.45) is 5.92 Å². The Kier molecular flexibility index (Phi) is 9.14. The Morgan fingerprint density at radius 1 is 1.10 bits per heavy atom. The predicted octanol–water partition coefficient (Wildman–Crippen LogP) is 4.78. The molecule has 20 heavy (non-hydrogen) atoms. The lowest BCUT2D eigenvalue weighted by Crippen LogP contribution is -2.14. The Hall–Kier alpha value is -1.02.